The largest absolute Gasteiger partial charge is 0.491 e. The van der Waals surface area contributed by atoms with Crippen LogP contribution in [0.4, 0.5) is 0 Å². The number of hydrogen-bond donors (Lipinski definition) is 0. The third-order valence-corrected chi connectivity index (χ3v) is 3.47. The van der Waals surface area contributed by atoms with Gasteiger partial charge in [0.05, 0.1) is 17.8 Å². The summed E-state index contributed by atoms with van der Waals surface area (Å²) < 4.78 is 7.76. The summed E-state index contributed by atoms with van der Waals surface area (Å²) in [6, 6.07) is 9.49. The molecule has 0 aliphatic rings. The second kappa shape index (κ2) is 7.07. The van der Waals surface area contributed by atoms with E-state index in [1.807, 2.05) is 22.9 Å². The molecule has 21 heavy (non-hydrogen) atoms. The Balaban J connectivity index is 2.02. The molecule has 0 bridgehead atoms. The van der Waals surface area contributed by atoms with Gasteiger partial charge in [-0.1, -0.05) is 26.0 Å². The Bertz CT molecular complexity index is 617. The van der Waals surface area contributed by atoms with Gasteiger partial charge in [0.1, 0.15) is 12.4 Å². The molecule has 0 radical (unpaired) electrons. The van der Waals surface area contributed by atoms with E-state index in [0.717, 1.165) is 18.5 Å². The monoisotopic (exact) mass is 286 g/mol. The van der Waals surface area contributed by atoms with Gasteiger partial charge in [0.15, 0.2) is 5.78 Å². The fraction of sp³-hybridized carbons (Fsp3) is 0.412. The molecule has 0 saturated heterocycles. The fourth-order valence-corrected chi connectivity index (χ4v) is 2.29. The zero-order valence-corrected chi connectivity index (χ0v) is 12.9. The number of rotatable bonds is 7. The van der Waals surface area contributed by atoms with Gasteiger partial charge in [0, 0.05) is 5.69 Å². The molecule has 0 unspecified atom stereocenters. The number of nitrogens with zero attached hydrogens (tertiary/aromatic N) is 2. The number of ether oxygens (including phenoxy) is 1. The van der Waals surface area contributed by atoms with E-state index in [4.69, 9.17) is 4.74 Å². The number of carbonyl (C=O) groups is 1. The highest BCUT2D eigenvalue weighted by atomic mass is 16.5. The number of para-hydroxylation sites is 1. The molecule has 0 aliphatic carbocycles. The Kier molecular flexibility index (Phi) is 5.14. The van der Waals surface area contributed by atoms with E-state index >= 15 is 0 Å². The predicted octanol–water partition coefficient (Wildman–Crippen LogP) is 3.29. The van der Waals surface area contributed by atoms with E-state index in [1.54, 1.807) is 13.0 Å². The minimum absolute atomic E-state index is 0.0206. The van der Waals surface area contributed by atoms with Gasteiger partial charge in [-0.3, -0.25) is 9.48 Å². The molecule has 4 nitrogen and oxygen atoms in total. The van der Waals surface area contributed by atoms with Gasteiger partial charge in [-0.05, 0) is 38.0 Å². The summed E-state index contributed by atoms with van der Waals surface area (Å²) in [7, 11) is 0. The van der Waals surface area contributed by atoms with E-state index in [0.29, 0.717) is 24.5 Å². The zero-order chi connectivity index (χ0) is 15.2. The molecule has 2 rings (SSSR count). The Morgan fingerprint density at radius 3 is 2.67 bits per heavy atom. The van der Waals surface area contributed by atoms with Crippen molar-refractivity contribution >= 4 is 5.78 Å². The Labute approximate surface area is 125 Å². The highest BCUT2D eigenvalue weighted by molar-refractivity contribution is 5.96. The van der Waals surface area contributed by atoms with E-state index in [2.05, 4.69) is 25.0 Å². The van der Waals surface area contributed by atoms with Crippen molar-refractivity contribution in [3.05, 3.63) is 47.3 Å². The number of Topliss-reactive ketones (excluding diaryl/α,β-unsaturated/α-hetero) is 1. The normalized spacial score (nSPS) is 10.6. The molecule has 4 heteroatoms. The minimum atomic E-state index is 0.0206. The fourth-order valence-electron chi connectivity index (χ4n) is 2.29. The summed E-state index contributed by atoms with van der Waals surface area (Å²) in [5.74, 6) is 0.665. The molecule has 0 aliphatic heterocycles. The summed E-state index contributed by atoms with van der Waals surface area (Å²) in [6.45, 7) is 6.97. The third-order valence-electron chi connectivity index (χ3n) is 3.47. The summed E-state index contributed by atoms with van der Waals surface area (Å²) in [4.78, 5) is 11.5. The lowest BCUT2D eigenvalue weighted by Gasteiger charge is -2.11. The van der Waals surface area contributed by atoms with Gasteiger partial charge in [-0.25, -0.2) is 0 Å². The van der Waals surface area contributed by atoms with Crippen LogP contribution in [0.25, 0.3) is 0 Å². The van der Waals surface area contributed by atoms with Gasteiger partial charge in [-0.15, -0.1) is 0 Å². The first-order chi connectivity index (χ1) is 10.2. The van der Waals surface area contributed by atoms with Crippen LogP contribution < -0.4 is 4.74 Å². The maximum Gasteiger partial charge on any atom is 0.163 e. The van der Waals surface area contributed by atoms with Crippen LogP contribution in [-0.2, 0) is 19.4 Å². The number of benzene rings is 1. The Morgan fingerprint density at radius 1 is 1.24 bits per heavy atom. The van der Waals surface area contributed by atoms with Crippen LogP contribution >= 0.6 is 0 Å². The molecule has 1 aromatic carbocycles. The number of hydrogen-bond acceptors (Lipinski definition) is 3. The summed E-state index contributed by atoms with van der Waals surface area (Å²) in [5, 5.41) is 4.56. The first-order valence-electron chi connectivity index (χ1n) is 7.44. The van der Waals surface area contributed by atoms with E-state index in [9.17, 15) is 4.79 Å². The number of aryl methyl sites for hydroxylation is 2. The number of ketones is 1. The van der Waals surface area contributed by atoms with Crippen LogP contribution in [0.5, 0.6) is 5.75 Å². The third kappa shape index (κ3) is 3.72. The Morgan fingerprint density at radius 2 is 2.00 bits per heavy atom. The molecule has 0 fully saturated rings. The van der Waals surface area contributed by atoms with Crippen molar-refractivity contribution < 1.29 is 9.53 Å². The van der Waals surface area contributed by atoms with Crippen molar-refractivity contribution in [3.63, 3.8) is 0 Å². The highest BCUT2D eigenvalue weighted by Crippen LogP contribution is 2.18. The standard InChI is InChI=1S/C17H22N2O2/c1-4-14-12-15(5-2)19(18-14)10-11-21-17-9-7-6-8-16(17)13(3)20/h6-9,12H,4-5,10-11H2,1-3H3. The van der Waals surface area contributed by atoms with E-state index in [1.165, 1.54) is 5.69 Å². The summed E-state index contributed by atoms with van der Waals surface area (Å²) >= 11 is 0. The van der Waals surface area contributed by atoms with Crippen LogP contribution in [-0.4, -0.2) is 22.2 Å². The second-order valence-electron chi connectivity index (χ2n) is 4.96. The Hall–Kier alpha value is -2.10. The van der Waals surface area contributed by atoms with Gasteiger partial charge in [-0.2, -0.15) is 5.10 Å². The smallest absolute Gasteiger partial charge is 0.163 e. The van der Waals surface area contributed by atoms with Crippen LogP contribution in [0, 0.1) is 0 Å². The molecule has 0 amide bonds. The lowest BCUT2D eigenvalue weighted by atomic mass is 10.1. The van der Waals surface area contributed by atoms with Gasteiger partial charge >= 0.3 is 0 Å². The molecule has 2 aromatic rings. The SMILES string of the molecule is CCc1cc(CC)n(CCOc2ccccc2C(C)=O)n1. The lowest BCUT2D eigenvalue weighted by molar-refractivity contribution is 0.101. The first kappa shape index (κ1) is 15.3. The maximum absolute atomic E-state index is 11.5. The molecule has 0 atom stereocenters. The van der Waals surface area contributed by atoms with Crippen molar-refractivity contribution in [2.24, 2.45) is 0 Å². The van der Waals surface area contributed by atoms with Crippen molar-refractivity contribution in [1.29, 1.82) is 0 Å². The second-order valence-corrected chi connectivity index (χ2v) is 4.96. The lowest BCUT2D eigenvalue weighted by Crippen LogP contribution is -2.13. The van der Waals surface area contributed by atoms with Crippen molar-refractivity contribution in [2.75, 3.05) is 6.61 Å². The van der Waals surface area contributed by atoms with Gasteiger partial charge < -0.3 is 4.74 Å². The van der Waals surface area contributed by atoms with Crippen molar-refractivity contribution in [2.45, 2.75) is 40.2 Å². The van der Waals surface area contributed by atoms with Crippen LogP contribution in [0.1, 0.15) is 42.5 Å². The molecule has 0 saturated carbocycles. The number of carbonyl (C=O) groups excluding carboxylic acids is 1. The molecule has 112 valence electrons. The average Bonchev–Trinajstić information content (AvgIpc) is 2.90. The molecular formula is C17H22N2O2. The van der Waals surface area contributed by atoms with Crippen molar-refractivity contribution in [1.82, 2.24) is 9.78 Å². The van der Waals surface area contributed by atoms with E-state index < -0.39 is 0 Å². The number of aromatic nitrogens is 2. The van der Waals surface area contributed by atoms with Gasteiger partial charge in [0.2, 0.25) is 0 Å². The van der Waals surface area contributed by atoms with Crippen LogP contribution in [0.2, 0.25) is 0 Å². The molecule has 1 aromatic heterocycles. The average molecular weight is 286 g/mol. The minimum Gasteiger partial charge on any atom is -0.491 e. The molecule has 1 heterocycles. The molecular weight excluding hydrogens is 264 g/mol. The van der Waals surface area contributed by atoms with Gasteiger partial charge in [0.25, 0.3) is 0 Å². The van der Waals surface area contributed by atoms with Crippen LogP contribution in [0.3, 0.4) is 0 Å². The quantitative estimate of drug-likeness (QED) is 0.734. The summed E-state index contributed by atoms with van der Waals surface area (Å²) in [6.07, 6.45) is 1.89. The highest BCUT2D eigenvalue weighted by Gasteiger charge is 2.08. The summed E-state index contributed by atoms with van der Waals surface area (Å²) in [5.41, 5.74) is 2.95. The predicted molar refractivity (Wildman–Crippen MR) is 82.9 cm³/mol. The van der Waals surface area contributed by atoms with E-state index in [-0.39, 0.29) is 5.78 Å². The maximum atomic E-state index is 11.5. The zero-order valence-electron chi connectivity index (χ0n) is 12.9. The topological polar surface area (TPSA) is 44.1 Å². The van der Waals surface area contributed by atoms with Crippen molar-refractivity contribution in [3.8, 4) is 5.75 Å². The van der Waals surface area contributed by atoms with Crippen LogP contribution in [0.15, 0.2) is 30.3 Å². The molecule has 0 N–H and O–H groups in total. The first-order valence-corrected chi connectivity index (χ1v) is 7.44. The molecule has 0 spiro atoms.